The van der Waals surface area contributed by atoms with E-state index >= 15 is 0 Å². The van der Waals surface area contributed by atoms with Crippen molar-refractivity contribution in [2.75, 3.05) is 18.5 Å². The smallest absolute Gasteiger partial charge is 0.262 e. The molecule has 2 aromatic rings. The van der Waals surface area contributed by atoms with E-state index in [-0.39, 0.29) is 25.1 Å². The van der Waals surface area contributed by atoms with Gasteiger partial charge < -0.3 is 21.1 Å². The van der Waals surface area contributed by atoms with Crippen LogP contribution in [0, 0.1) is 0 Å². The highest BCUT2D eigenvalue weighted by atomic mass is 79.9. The zero-order valence-corrected chi connectivity index (χ0v) is 15.4. The van der Waals surface area contributed by atoms with E-state index in [1.165, 1.54) is 0 Å². The Bertz CT molecular complexity index is 793. The van der Waals surface area contributed by atoms with Gasteiger partial charge in [-0.1, -0.05) is 28.1 Å². The zero-order valence-electron chi connectivity index (χ0n) is 13.8. The Hall–Kier alpha value is -2.87. The number of primary amides is 1. The second-order valence-electron chi connectivity index (χ2n) is 5.31. The standard InChI is InChI=1S/C18H18BrN3O4/c19-12-5-7-13(8-6-12)26-11-17(24)22-15-4-2-1-3-14(15)18(25)21-10-9-16(20)23/h1-8H,9-11H2,(H2,20,23)(H,21,25)(H,22,24). The van der Waals surface area contributed by atoms with Gasteiger partial charge in [-0.15, -0.1) is 0 Å². The minimum Gasteiger partial charge on any atom is -0.484 e. The quantitative estimate of drug-likeness (QED) is 0.607. The molecule has 0 aliphatic carbocycles. The van der Waals surface area contributed by atoms with E-state index < -0.39 is 17.7 Å². The van der Waals surface area contributed by atoms with Crippen LogP contribution >= 0.6 is 15.9 Å². The summed E-state index contributed by atoms with van der Waals surface area (Å²) in [7, 11) is 0. The molecule has 3 amide bonds. The Morgan fingerprint density at radius 3 is 2.42 bits per heavy atom. The van der Waals surface area contributed by atoms with Crippen LogP contribution in [0.5, 0.6) is 5.75 Å². The SMILES string of the molecule is NC(=O)CCNC(=O)c1ccccc1NC(=O)COc1ccc(Br)cc1. The third-order valence-corrected chi connectivity index (χ3v) is 3.81. The number of nitrogens with one attached hydrogen (secondary N) is 2. The summed E-state index contributed by atoms with van der Waals surface area (Å²) in [6, 6.07) is 13.6. The molecule has 0 aromatic heterocycles. The van der Waals surface area contributed by atoms with Crippen molar-refractivity contribution in [2.45, 2.75) is 6.42 Å². The van der Waals surface area contributed by atoms with E-state index in [4.69, 9.17) is 10.5 Å². The number of halogens is 1. The molecule has 2 aromatic carbocycles. The van der Waals surface area contributed by atoms with Crippen LogP contribution in [-0.2, 0) is 9.59 Å². The Morgan fingerprint density at radius 1 is 1.04 bits per heavy atom. The number of ether oxygens (including phenoxy) is 1. The molecule has 0 bridgehead atoms. The molecule has 0 aliphatic rings. The lowest BCUT2D eigenvalue weighted by molar-refractivity contribution is -0.118. The second kappa shape index (κ2) is 9.57. The van der Waals surface area contributed by atoms with Crippen LogP contribution < -0.4 is 21.1 Å². The van der Waals surface area contributed by atoms with Crippen LogP contribution in [-0.4, -0.2) is 30.9 Å². The van der Waals surface area contributed by atoms with Gasteiger partial charge in [0.2, 0.25) is 5.91 Å². The molecule has 0 heterocycles. The van der Waals surface area contributed by atoms with E-state index in [0.717, 1.165) is 4.47 Å². The van der Waals surface area contributed by atoms with Gasteiger partial charge in [-0.25, -0.2) is 0 Å². The van der Waals surface area contributed by atoms with Crippen molar-refractivity contribution >= 4 is 39.3 Å². The molecule has 0 spiro atoms. The first-order valence-corrected chi connectivity index (χ1v) is 8.59. The van der Waals surface area contributed by atoms with Gasteiger partial charge in [0.15, 0.2) is 6.61 Å². The topological polar surface area (TPSA) is 111 Å². The van der Waals surface area contributed by atoms with Crippen LogP contribution in [0.4, 0.5) is 5.69 Å². The lowest BCUT2D eigenvalue weighted by Crippen LogP contribution is -2.29. The van der Waals surface area contributed by atoms with Crippen molar-refractivity contribution in [1.29, 1.82) is 0 Å². The van der Waals surface area contributed by atoms with Gasteiger partial charge in [-0.2, -0.15) is 0 Å². The fourth-order valence-electron chi connectivity index (χ4n) is 2.05. The summed E-state index contributed by atoms with van der Waals surface area (Å²) in [4.78, 5) is 35.0. The van der Waals surface area contributed by atoms with Crippen LogP contribution in [0.25, 0.3) is 0 Å². The summed E-state index contributed by atoms with van der Waals surface area (Å²) in [6.07, 6.45) is 0.0430. The van der Waals surface area contributed by atoms with E-state index in [1.807, 2.05) is 0 Å². The van der Waals surface area contributed by atoms with E-state index in [1.54, 1.807) is 48.5 Å². The summed E-state index contributed by atoms with van der Waals surface area (Å²) in [5, 5.41) is 5.23. The maximum atomic E-state index is 12.2. The molecule has 4 N–H and O–H groups in total. The monoisotopic (exact) mass is 419 g/mol. The maximum Gasteiger partial charge on any atom is 0.262 e. The molecule has 0 fully saturated rings. The Balaban J connectivity index is 1.93. The van der Waals surface area contributed by atoms with Crippen LogP contribution in [0.2, 0.25) is 0 Å². The number of benzene rings is 2. The molecule has 2 rings (SSSR count). The van der Waals surface area contributed by atoms with Gasteiger partial charge in [-0.05, 0) is 36.4 Å². The first-order valence-electron chi connectivity index (χ1n) is 7.79. The number of amides is 3. The third kappa shape index (κ3) is 6.21. The lowest BCUT2D eigenvalue weighted by Gasteiger charge is -2.12. The van der Waals surface area contributed by atoms with Crippen molar-refractivity contribution < 1.29 is 19.1 Å². The average Bonchev–Trinajstić information content (AvgIpc) is 2.61. The fourth-order valence-corrected chi connectivity index (χ4v) is 2.31. The molecule has 8 heteroatoms. The summed E-state index contributed by atoms with van der Waals surface area (Å²) >= 11 is 3.32. The summed E-state index contributed by atoms with van der Waals surface area (Å²) < 4.78 is 6.31. The van der Waals surface area contributed by atoms with Crippen LogP contribution in [0.15, 0.2) is 53.0 Å². The predicted octanol–water partition coefficient (Wildman–Crippen LogP) is 2.07. The van der Waals surface area contributed by atoms with E-state index in [9.17, 15) is 14.4 Å². The molecule has 0 saturated heterocycles. The van der Waals surface area contributed by atoms with Crippen molar-refractivity contribution in [1.82, 2.24) is 5.32 Å². The molecular formula is C18H18BrN3O4. The number of nitrogens with two attached hydrogens (primary N) is 1. The van der Waals surface area contributed by atoms with Crippen LogP contribution in [0.1, 0.15) is 16.8 Å². The molecule has 7 nitrogen and oxygen atoms in total. The lowest BCUT2D eigenvalue weighted by atomic mass is 10.1. The van der Waals surface area contributed by atoms with Crippen LogP contribution in [0.3, 0.4) is 0 Å². The number of para-hydroxylation sites is 1. The van der Waals surface area contributed by atoms with E-state index in [0.29, 0.717) is 11.4 Å². The number of carbonyl (C=O) groups excluding carboxylic acids is 3. The highest BCUT2D eigenvalue weighted by Gasteiger charge is 2.13. The molecule has 26 heavy (non-hydrogen) atoms. The average molecular weight is 420 g/mol. The van der Waals surface area contributed by atoms with Crippen molar-refractivity contribution in [3.05, 3.63) is 58.6 Å². The van der Waals surface area contributed by atoms with Gasteiger partial charge in [-0.3, -0.25) is 14.4 Å². The molecule has 0 atom stereocenters. The molecular weight excluding hydrogens is 402 g/mol. The first kappa shape index (κ1) is 19.5. The highest BCUT2D eigenvalue weighted by molar-refractivity contribution is 9.10. The molecule has 0 radical (unpaired) electrons. The Kier molecular flexibility index (Phi) is 7.16. The minimum atomic E-state index is -0.503. The normalized spacial score (nSPS) is 10.0. The van der Waals surface area contributed by atoms with E-state index in [2.05, 4.69) is 26.6 Å². The molecule has 0 aliphatic heterocycles. The maximum absolute atomic E-state index is 12.2. The molecule has 0 saturated carbocycles. The van der Waals surface area contributed by atoms with Crippen molar-refractivity contribution in [3.63, 3.8) is 0 Å². The number of carbonyl (C=O) groups is 3. The van der Waals surface area contributed by atoms with Crippen molar-refractivity contribution in [2.24, 2.45) is 5.73 Å². The van der Waals surface area contributed by atoms with Gasteiger partial charge >= 0.3 is 0 Å². The Morgan fingerprint density at radius 2 is 1.73 bits per heavy atom. The van der Waals surface area contributed by atoms with Gasteiger partial charge in [0, 0.05) is 17.4 Å². The largest absolute Gasteiger partial charge is 0.484 e. The fraction of sp³-hybridized carbons (Fsp3) is 0.167. The zero-order chi connectivity index (χ0) is 18.9. The molecule has 0 unspecified atom stereocenters. The van der Waals surface area contributed by atoms with Gasteiger partial charge in [0.1, 0.15) is 5.75 Å². The number of anilines is 1. The highest BCUT2D eigenvalue weighted by Crippen LogP contribution is 2.17. The van der Waals surface area contributed by atoms with Gasteiger partial charge in [0.25, 0.3) is 11.8 Å². The number of rotatable bonds is 8. The predicted molar refractivity (Wildman–Crippen MR) is 101 cm³/mol. The minimum absolute atomic E-state index is 0.0430. The van der Waals surface area contributed by atoms with Gasteiger partial charge in [0.05, 0.1) is 11.3 Å². The number of hydrogen-bond donors (Lipinski definition) is 3. The number of hydrogen-bond acceptors (Lipinski definition) is 4. The van der Waals surface area contributed by atoms with Crippen molar-refractivity contribution in [3.8, 4) is 5.75 Å². The summed E-state index contributed by atoms with van der Waals surface area (Å²) in [5.41, 5.74) is 5.68. The third-order valence-electron chi connectivity index (χ3n) is 3.29. The summed E-state index contributed by atoms with van der Waals surface area (Å²) in [6.45, 7) is -0.0671. The Labute approximate surface area is 159 Å². The summed E-state index contributed by atoms with van der Waals surface area (Å²) in [5.74, 6) is -0.751. The molecule has 136 valence electrons. The second-order valence-corrected chi connectivity index (χ2v) is 6.22. The first-order chi connectivity index (χ1) is 12.5.